The van der Waals surface area contributed by atoms with Gasteiger partial charge in [-0.25, -0.2) is 4.98 Å². The van der Waals surface area contributed by atoms with Gasteiger partial charge < -0.3 is 4.57 Å². The average Bonchev–Trinajstić information content (AvgIpc) is 2.53. The Morgan fingerprint density at radius 2 is 2.25 bits per heavy atom. The summed E-state index contributed by atoms with van der Waals surface area (Å²) >= 11 is 0. The quantitative estimate of drug-likeness (QED) is 0.602. The molecule has 0 aliphatic carbocycles. The molecule has 0 aliphatic rings. The summed E-state index contributed by atoms with van der Waals surface area (Å²) in [5.74, 6) is 0.725. The van der Waals surface area contributed by atoms with E-state index in [0.717, 1.165) is 11.5 Å². The van der Waals surface area contributed by atoms with Crippen LogP contribution in [0.3, 0.4) is 0 Å². The van der Waals surface area contributed by atoms with Crippen LogP contribution in [-0.4, -0.2) is 24.7 Å². The van der Waals surface area contributed by atoms with Crippen molar-refractivity contribution in [3.8, 4) is 11.5 Å². The molecule has 0 radical (unpaired) electrons. The molecule has 2 aromatic heterocycles. The summed E-state index contributed by atoms with van der Waals surface area (Å²) in [6.07, 6.45) is 6.54. The highest BCUT2D eigenvalue weighted by molar-refractivity contribution is 5.46. The summed E-state index contributed by atoms with van der Waals surface area (Å²) in [5, 5.41) is 7.64. The molecule has 5 nitrogen and oxygen atoms in total. The highest BCUT2D eigenvalue weighted by Gasteiger charge is 2.03. The molecule has 0 bridgehead atoms. The van der Waals surface area contributed by atoms with Crippen molar-refractivity contribution in [1.29, 1.82) is 0 Å². The van der Waals surface area contributed by atoms with Gasteiger partial charge in [-0.1, -0.05) is 0 Å². The molecule has 5 heteroatoms. The molecular formula is C7H7N5. The molecule has 0 N–H and O–H groups in total. The molecule has 0 amide bonds. The van der Waals surface area contributed by atoms with Crippen LogP contribution in [0.5, 0.6) is 0 Å². The van der Waals surface area contributed by atoms with Gasteiger partial charge in [0.2, 0.25) is 0 Å². The number of rotatable bonds is 1. The average molecular weight is 161 g/mol. The smallest absolute Gasteiger partial charge is 0.183 e. The van der Waals surface area contributed by atoms with Gasteiger partial charge in [0.1, 0.15) is 12.0 Å². The number of nitrogens with zero attached hydrogens (tertiary/aromatic N) is 5. The van der Waals surface area contributed by atoms with Gasteiger partial charge in [-0.2, -0.15) is 0 Å². The van der Waals surface area contributed by atoms with Crippen LogP contribution in [0.1, 0.15) is 0 Å². The first-order valence-corrected chi connectivity index (χ1v) is 3.48. The molecule has 0 fully saturated rings. The molecule has 0 saturated carbocycles. The normalized spacial score (nSPS) is 10.1. The van der Waals surface area contributed by atoms with E-state index in [1.807, 2.05) is 7.05 Å². The number of hydrogen-bond donors (Lipinski definition) is 0. The SMILES string of the molecule is Cn1cnnc1-c1cnccn1. The van der Waals surface area contributed by atoms with Crippen LogP contribution in [-0.2, 0) is 7.05 Å². The van der Waals surface area contributed by atoms with Crippen molar-refractivity contribution in [2.45, 2.75) is 0 Å². The third-order valence-electron chi connectivity index (χ3n) is 1.50. The van der Waals surface area contributed by atoms with E-state index in [0.29, 0.717) is 0 Å². The second-order valence-electron chi connectivity index (χ2n) is 2.36. The Morgan fingerprint density at radius 3 is 2.83 bits per heavy atom. The molecule has 2 aromatic rings. The fourth-order valence-electron chi connectivity index (χ4n) is 0.930. The summed E-state index contributed by atoms with van der Waals surface area (Å²) in [4.78, 5) is 8.03. The maximum atomic E-state index is 4.10. The van der Waals surface area contributed by atoms with E-state index in [-0.39, 0.29) is 0 Å². The van der Waals surface area contributed by atoms with E-state index < -0.39 is 0 Å². The van der Waals surface area contributed by atoms with Gasteiger partial charge in [0.25, 0.3) is 0 Å². The van der Waals surface area contributed by atoms with Crippen LogP contribution in [0.25, 0.3) is 11.5 Å². The third-order valence-corrected chi connectivity index (χ3v) is 1.50. The Kier molecular flexibility index (Phi) is 1.55. The maximum Gasteiger partial charge on any atom is 0.183 e. The number of aromatic nitrogens is 5. The summed E-state index contributed by atoms with van der Waals surface area (Å²) < 4.78 is 1.80. The van der Waals surface area contributed by atoms with Crippen molar-refractivity contribution in [2.75, 3.05) is 0 Å². The zero-order valence-corrected chi connectivity index (χ0v) is 6.55. The van der Waals surface area contributed by atoms with Gasteiger partial charge in [-0.15, -0.1) is 10.2 Å². The summed E-state index contributed by atoms with van der Waals surface area (Å²) in [6, 6.07) is 0. The van der Waals surface area contributed by atoms with Crippen LogP contribution in [0, 0.1) is 0 Å². The van der Waals surface area contributed by atoms with Crippen molar-refractivity contribution in [3.05, 3.63) is 24.9 Å². The molecule has 0 spiro atoms. The fourth-order valence-corrected chi connectivity index (χ4v) is 0.930. The third kappa shape index (κ3) is 1.05. The van der Waals surface area contributed by atoms with Crippen molar-refractivity contribution in [1.82, 2.24) is 24.7 Å². The predicted molar refractivity (Wildman–Crippen MR) is 42.0 cm³/mol. The van der Waals surface area contributed by atoms with E-state index in [9.17, 15) is 0 Å². The Bertz CT molecular complexity index is 366. The van der Waals surface area contributed by atoms with Crippen LogP contribution < -0.4 is 0 Å². The van der Waals surface area contributed by atoms with Crippen molar-refractivity contribution in [3.63, 3.8) is 0 Å². The van der Waals surface area contributed by atoms with Crippen LogP contribution in [0.4, 0.5) is 0 Å². The van der Waals surface area contributed by atoms with Crippen LogP contribution in [0.2, 0.25) is 0 Å². The van der Waals surface area contributed by atoms with Crippen LogP contribution >= 0.6 is 0 Å². The lowest BCUT2D eigenvalue weighted by Gasteiger charge is -1.96. The molecule has 12 heavy (non-hydrogen) atoms. The molecular weight excluding hydrogens is 154 g/mol. The van der Waals surface area contributed by atoms with Gasteiger partial charge in [0.05, 0.1) is 6.20 Å². The van der Waals surface area contributed by atoms with Gasteiger partial charge in [0, 0.05) is 19.4 Å². The minimum Gasteiger partial charge on any atom is -0.315 e. The van der Waals surface area contributed by atoms with Crippen LogP contribution in [0.15, 0.2) is 24.9 Å². The lowest BCUT2D eigenvalue weighted by Crippen LogP contribution is -1.93. The van der Waals surface area contributed by atoms with E-state index in [2.05, 4.69) is 20.2 Å². The highest BCUT2D eigenvalue weighted by Crippen LogP contribution is 2.08. The maximum absolute atomic E-state index is 4.10. The summed E-state index contributed by atoms with van der Waals surface area (Å²) in [5.41, 5.74) is 0.734. The highest BCUT2D eigenvalue weighted by atomic mass is 15.3. The minimum absolute atomic E-state index is 0.725. The van der Waals surface area contributed by atoms with Gasteiger partial charge in [-0.05, 0) is 0 Å². The van der Waals surface area contributed by atoms with E-state index in [1.165, 1.54) is 0 Å². The minimum atomic E-state index is 0.725. The topological polar surface area (TPSA) is 56.5 Å². The Balaban J connectivity index is 2.51. The molecule has 0 unspecified atom stereocenters. The Morgan fingerprint density at radius 1 is 1.33 bits per heavy atom. The molecule has 0 saturated heterocycles. The zero-order valence-electron chi connectivity index (χ0n) is 6.55. The summed E-state index contributed by atoms with van der Waals surface area (Å²) in [7, 11) is 1.87. The first kappa shape index (κ1) is 6.90. The summed E-state index contributed by atoms with van der Waals surface area (Å²) in [6.45, 7) is 0. The lowest BCUT2D eigenvalue weighted by atomic mass is 10.4. The Hall–Kier alpha value is -1.78. The monoisotopic (exact) mass is 161 g/mol. The van der Waals surface area contributed by atoms with Crippen molar-refractivity contribution >= 4 is 0 Å². The van der Waals surface area contributed by atoms with Crippen molar-refractivity contribution in [2.24, 2.45) is 7.05 Å². The van der Waals surface area contributed by atoms with E-state index in [1.54, 1.807) is 29.5 Å². The van der Waals surface area contributed by atoms with Gasteiger partial charge in [0.15, 0.2) is 5.82 Å². The standard InChI is InChI=1S/C7H7N5/c1-12-5-10-11-7(12)6-4-8-2-3-9-6/h2-5H,1H3. The molecule has 0 atom stereocenters. The number of hydrogen-bond acceptors (Lipinski definition) is 4. The first-order valence-electron chi connectivity index (χ1n) is 3.48. The molecule has 2 heterocycles. The molecule has 0 aliphatic heterocycles. The molecule has 60 valence electrons. The molecule has 2 rings (SSSR count). The van der Waals surface area contributed by atoms with E-state index in [4.69, 9.17) is 0 Å². The van der Waals surface area contributed by atoms with Crippen molar-refractivity contribution < 1.29 is 0 Å². The Labute approximate surface area is 69.1 Å². The number of aryl methyl sites for hydroxylation is 1. The van der Waals surface area contributed by atoms with Gasteiger partial charge in [-0.3, -0.25) is 4.98 Å². The van der Waals surface area contributed by atoms with E-state index >= 15 is 0 Å². The second-order valence-corrected chi connectivity index (χ2v) is 2.36. The molecule has 0 aromatic carbocycles. The largest absolute Gasteiger partial charge is 0.315 e. The first-order chi connectivity index (χ1) is 5.88. The predicted octanol–water partition coefficient (Wildman–Crippen LogP) is 0.272. The fraction of sp³-hybridized carbons (Fsp3) is 0.143. The lowest BCUT2D eigenvalue weighted by molar-refractivity contribution is 0.911. The zero-order chi connectivity index (χ0) is 8.39. The van der Waals surface area contributed by atoms with Gasteiger partial charge >= 0.3 is 0 Å². The second kappa shape index (κ2) is 2.69.